The highest BCUT2D eigenvalue weighted by atomic mass is 19.1. The molecule has 1 aromatic heterocycles. The molecule has 0 spiro atoms. The first-order chi connectivity index (χ1) is 12.1. The molecule has 1 amide bonds. The highest BCUT2D eigenvalue weighted by Crippen LogP contribution is 2.18. The molecule has 0 radical (unpaired) electrons. The number of likely N-dealkylation sites (tertiary alicyclic amines) is 1. The summed E-state index contributed by atoms with van der Waals surface area (Å²) in [6.07, 6.45) is 3.53. The van der Waals surface area contributed by atoms with Gasteiger partial charge in [-0.15, -0.1) is 0 Å². The number of carbonyl (C=O) groups excluding carboxylic acids is 1. The average molecular weight is 345 g/mol. The number of amides is 1. The summed E-state index contributed by atoms with van der Waals surface area (Å²) < 4.78 is 24.1. The number of piperidine rings is 1. The summed E-state index contributed by atoms with van der Waals surface area (Å²) in [5, 5.41) is 0. The van der Waals surface area contributed by atoms with Gasteiger partial charge in [0.05, 0.1) is 18.9 Å². The van der Waals surface area contributed by atoms with Crippen LogP contribution in [0.1, 0.15) is 18.4 Å². The lowest BCUT2D eigenvalue weighted by atomic mass is 10.1. The molecule has 1 aliphatic rings. The first-order valence-electron chi connectivity index (χ1n) is 8.22. The van der Waals surface area contributed by atoms with Crippen molar-refractivity contribution in [3.63, 3.8) is 0 Å². The van der Waals surface area contributed by atoms with Gasteiger partial charge in [-0.25, -0.2) is 14.4 Å². The van der Waals surface area contributed by atoms with Crippen LogP contribution in [0.2, 0.25) is 0 Å². The number of hydrogen-bond donors (Lipinski definition) is 0. The van der Waals surface area contributed by atoms with Gasteiger partial charge in [-0.05, 0) is 31.4 Å². The Morgan fingerprint density at radius 3 is 2.84 bits per heavy atom. The Bertz CT molecular complexity index is 724. The second-order valence-electron chi connectivity index (χ2n) is 5.96. The van der Waals surface area contributed by atoms with Crippen LogP contribution in [0.5, 0.6) is 11.8 Å². The minimum Gasteiger partial charge on any atom is -0.484 e. The molecule has 0 bridgehead atoms. The Morgan fingerprint density at radius 2 is 2.08 bits per heavy atom. The molecule has 6 nitrogen and oxygen atoms in total. The Labute approximate surface area is 145 Å². The molecular formula is C18H20FN3O3. The molecule has 1 saturated heterocycles. The maximum absolute atomic E-state index is 12.8. The van der Waals surface area contributed by atoms with Gasteiger partial charge in [0.1, 0.15) is 11.9 Å². The smallest absolute Gasteiger partial charge is 0.316 e. The van der Waals surface area contributed by atoms with Crippen LogP contribution in [0.3, 0.4) is 0 Å². The third-order valence-corrected chi connectivity index (χ3v) is 4.04. The lowest BCUT2D eigenvalue weighted by Crippen LogP contribution is -2.46. The van der Waals surface area contributed by atoms with Gasteiger partial charge in [-0.1, -0.05) is 18.2 Å². The van der Waals surface area contributed by atoms with Crippen LogP contribution in [-0.2, 0) is 4.79 Å². The predicted octanol–water partition coefficient (Wildman–Crippen LogP) is 2.37. The summed E-state index contributed by atoms with van der Waals surface area (Å²) >= 11 is 0. The van der Waals surface area contributed by atoms with Crippen molar-refractivity contribution in [1.82, 2.24) is 14.9 Å². The molecule has 1 aromatic carbocycles. The van der Waals surface area contributed by atoms with E-state index in [2.05, 4.69) is 9.97 Å². The molecule has 25 heavy (non-hydrogen) atoms. The van der Waals surface area contributed by atoms with Crippen LogP contribution < -0.4 is 9.47 Å². The zero-order valence-corrected chi connectivity index (χ0v) is 14.0. The van der Waals surface area contributed by atoms with E-state index in [9.17, 15) is 9.18 Å². The number of para-hydroxylation sites is 1. The van der Waals surface area contributed by atoms with Crippen LogP contribution in [0.25, 0.3) is 0 Å². The number of hydrogen-bond acceptors (Lipinski definition) is 5. The third-order valence-electron chi connectivity index (χ3n) is 4.04. The van der Waals surface area contributed by atoms with Gasteiger partial charge in [-0.3, -0.25) is 4.79 Å². The molecule has 2 heterocycles. The number of rotatable bonds is 5. The molecule has 1 atom stereocenters. The fraction of sp³-hybridized carbons (Fsp3) is 0.389. The second kappa shape index (κ2) is 7.92. The van der Waals surface area contributed by atoms with Gasteiger partial charge in [0.15, 0.2) is 12.4 Å². The molecule has 2 aromatic rings. The van der Waals surface area contributed by atoms with Gasteiger partial charge in [0, 0.05) is 6.54 Å². The summed E-state index contributed by atoms with van der Waals surface area (Å²) in [6.45, 7) is 3.04. The minimum atomic E-state index is -0.513. The molecule has 0 unspecified atom stereocenters. The molecule has 132 valence electrons. The maximum atomic E-state index is 12.8. The van der Waals surface area contributed by atoms with Crippen molar-refractivity contribution in [3.05, 3.63) is 48.0 Å². The topological polar surface area (TPSA) is 64.5 Å². The van der Waals surface area contributed by atoms with Crippen LogP contribution in [0.4, 0.5) is 4.39 Å². The number of nitrogens with zero attached hydrogens (tertiary/aromatic N) is 3. The van der Waals surface area contributed by atoms with E-state index in [-0.39, 0.29) is 24.6 Å². The Kier molecular flexibility index (Phi) is 5.42. The molecule has 0 N–H and O–H groups in total. The molecule has 1 fully saturated rings. The fourth-order valence-electron chi connectivity index (χ4n) is 2.72. The SMILES string of the molecule is Cc1ccccc1OCC(=O)N1CCC[C@@H](Oc2ncc(F)cn2)C1. The van der Waals surface area contributed by atoms with Crippen molar-refractivity contribution in [3.8, 4) is 11.8 Å². The van der Waals surface area contributed by atoms with Crippen molar-refractivity contribution in [2.24, 2.45) is 0 Å². The first-order valence-corrected chi connectivity index (χ1v) is 8.22. The zero-order valence-electron chi connectivity index (χ0n) is 14.0. The number of ether oxygens (including phenoxy) is 2. The average Bonchev–Trinajstić information content (AvgIpc) is 2.63. The second-order valence-corrected chi connectivity index (χ2v) is 5.96. The normalized spacial score (nSPS) is 17.2. The lowest BCUT2D eigenvalue weighted by Gasteiger charge is -2.32. The van der Waals surface area contributed by atoms with Crippen molar-refractivity contribution in [1.29, 1.82) is 0 Å². The highest BCUT2D eigenvalue weighted by Gasteiger charge is 2.25. The van der Waals surface area contributed by atoms with E-state index in [4.69, 9.17) is 9.47 Å². The zero-order chi connectivity index (χ0) is 17.6. The van der Waals surface area contributed by atoms with Crippen molar-refractivity contribution in [2.75, 3.05) is 19.7 Å². The third kappa shape index (κ3) is 4.65. The van der Waals surface area contributed by atoms with Gasteiger partial charge in [0.25, 0.3) is 5.91 Å². The number of benzene rings is 1. The number of carbonyl (C=O) groups is 1. The summed E-state index contributed by atoms with van der Waals surface area (Å²) in [7, 11) is 0. The molecule has 1 aliphatic heterocycles. The first kappa shape index (κ1) is 17.1. The van der Waals surface area contributed by atoms with Crippen molar-refractivity contribution < 1.29 is 18.7 Å². The van der Waals surface area contributed by atoms with Gasteiger partial charge >= 0.3 is 6.01 Å². The van der Waals surface area contributed by atoms with E-state index in [1.165, 1.54) is 0 Å². The molecular weight excluding hydrogens is 325 g/mol. The van der Waals surface area contributed by atoms with E-state index in [0.29, 0.717) is 18.8 Å². The number of halogens is 1. The number of aromatic nitrogens is 2. The summed E-state index contributed by atoms with van der Waals surface area (Å²) in [5.74, 6) is 0.109. The Hall–Kier alpha value is -2.70. The van der Waals surface area contributed by atoms with Crippen LogP contribution >= 0.6 is 0 Å². The molecule has 7 heteroatoms. The Balaban J connectivity index is 1.52. The quantitative estimate of drug-likeness (QED) is 0.832. The van der Waals surface area contributed by atoms with Gasteiger partial charge in [-0.2, -0.15) is 0 Å². The van der Waals surface area contributed by atoms with Crippen molar-refractivity contribution >= 4 is 5.91 Å². The molecule has 0 saturated carbocycles. The Morgan fingerprint density at radius 1 is 1.32 bits per heavy atom. The number of aryl methyl sites for hydroxylation is 1. The van der Waals surface area contributed by atoms with Crippen LogP contribution in [0, 0.1) is 12.7 Å². The van der Waals surface area contributed by atoms with E-state index in [0.717, 1.165) is 30.8 Å². The fourth-order valence-corrected chi connectivity index (χ4v) is 2.72. The lowest BCUT2D eigenvalue weighted by molar-refractivity contribution is -0.136. The van der Waals surface area contributed by atoms with Crippen LogP contribution in [0.15, 0.2) is 36.7 Å². The van der Waals surface area contributed by atoms with Crippen molar-refractivity contribution in [2.45, 2.75) is 25.9 Å². The van der Waals surface area contributed by atoms with E-state index in [1.807, 2.05) is 31.2 Å². The highest BCUT2D eigenvalue weighted by molar-refractivity contribution is 5.78. The van der Waals surface area contributed by atoms with Crippen LogP contribution in [-0.4, -0.2) is 46.6 Å². The summed E-state index contributed by atoms with van der Waals surface area (Å²) in [4.78, 5) is 21.7. The van der Waals surface area contributed by atoms with E-state index < -0.39 is 5.82 Å². The van der Waals surface area contributed by atoms with Gasteiger partial charge in [0.2, 0.25) is 0 Å². The standard InChI is InChI=1S/C18H20FN3O3/c1-13-5-2-3-7-16(13)24-12-17(23)22-8-4-6-15(11-22)25-18-20-9-14(19)10-21-18/h2-3,5,7,9-10,15H,4,6,8,11-12H2,1H3/t15-/m1/s1. The summed E-state index contributed by atoms with van der Waals surface area (Å²) in [5.41, 5.74) is 0.989. The largest absolute Gasteiger partial charge is 0.484 e. The molecule has 0 aliphatic carbocycles. The summed E-state index contributed by atoms with van der Waals surface area (Å²) in [6, 6.07) is 7.70. The van der Waals surface area contributed by atoms with E-state index in [1.54, 1.807) is 4.90 Å². The maximum Gasteiger partial charge on any atom is 0.316 e. The predicted molar refractivity (Wildman–Crippen MR) is 88.9 cm³/mol. The monoisotopic (exact) mass is 345 g/mol. The van der Waals surface area contributed by atoms with Gasteiger partial charge < -0.3 is 14.4 Å². The molecule has 3 rings (SSSR count). The van der Waals surface area contributed by atoms with E-state index >= 15 is 0 Å². The minimum absolute atomic E-state index is 0.00930.